The fraction of sp³-hybridized carbons (Fsp3) is 0.294. The van der Waals surface area contributed by atoms with Crippen molar-refractivity contribution in [1.29, 1.82) is 0 Å². The van der Waals surface area contributed by atoms with Crippen molar-refractivity contribution in [2.45, 2.75) is 25.9 Å². The Balaban J connectivity index is 1.64. The fourth-order valence-corrected chi connectivity index (χ4v) is 3.16. The van der Waals surface area contributed by atoms with Gasteiger partial charge in [0, 0.05) is 29.8 Å². The van der Waals surface area contributed by atoms with Crippen LogP contribution in [0.2, 0.25) is 0 Å². The molecule has 104 valence electrons. The lowest BCUT2D eigenvalue weighted by Crippen LogP contribution is -2.18. The second-order valence-electron chi connectivity index (χ2n) is 5.22. The molecule has 0 saturated carbocycles. The number of hydrogen-bond acceptors (Lipinski definition) is 2. The number of fused-ring (bicyclic) bond motifs is 1. The fourth-order valence-electron chi connectivity index (χ4n) is 2.72. The predicted molar refractivity (Wildman–Crippen MR) is 87.9 cm³/mol. The molecule has 0 unspecified atom stereocenters. The molecule has 0 atom stereocenters. The Morgan fingerprint density at radius 1 is 1.10 bits per heavy atom. The molecule has 0 amide bonds. The highest BCUT2D eigenvalue weighted by molar-refractivity contribution is 9.10. The van der Waals surface area contributed by atoms with E-state index in [9.17, 15) is 0 Å². The zero-order valence-corrected chi connectivity index (χ0v) is 13.0. The summed E-state index contributed by atoms with van der Waals surface area (Å²) in [7, 11) is 0. The van der Waals surface area contributed by atoms with Crippen LogP contribution in [0.5, 0.6) is 0 Å². The zero-order chi connectivity index (χ0) is 13.8. The summed E-state index contributed by atoms with van der Waals surface area (Å²) in [5.41, 5.74) is 5.48. The van der Waals surface area contributed by atoms with Crippen molar-refractivity contribution in [3.63, 3.8) is 0 Å². The van der Waals surface area contributed by atoms with Crippen LogP contribution in [-0.4, -0.2) is 6.54 Å². The second kappa shape index (κ2) is 6.42. The maximum atomic E-state index is 3.54. The van der Waals surface area contributed by atoms with Gasteiger partial charge in [-0.15, -0.1) is 0 Å². The van der Waals surface area contributed by atoms with Gasteiger partial charge in [0.2, 0.25) is 0 Å². The highest BCUT2D eigenvalue weighted by atomic mass is 79.9. The molecule has 0 aliphatic carbocycles. The van der Waals surface area contributed by atoms with Crippen molar-refractivity contribution in [3.05, 3.63) is 63.6 Å². The number of anilines is 1. The average molecular weight is 331 g/mol. The van der Waals surface area contributed by atoms with Crippen molar-refractivity contribution in [2.75, 3.05) is 11.9 Å². The molecule has 3 heteroatoms. The molecule has 0 radical (unpaired) electrons. The van der Waals surface area contributed by atoms with Gasteiger partial charge in [0.1, 0.15) is 0 Å². The molecule has 2 aromatic rings. The Morgan fingerprint density at radius 2 is 2.00 bits per heavy atom. The molecule has 1 heterocycles. The summed E-state index contributed by atoms with van der Waals surface area (Å²) < 4.78 is 1.13. The second-order valence-corrected chi connectivity index (χ2v) is 6.13. The standard InChI is InChI=1S/C17H19BrN2/c18-16-8-1-4-13(10-16)11-19-12-15-6-2-5-14-7-3-9-20-17(14)15/h1-2,4-6,8,10,19-20H,3,7,9,11-12H2. The lowest BCUT2D eigenvalue weighted by Gasteiger charge is -2.21. The molecule has 1 aliphatic rings. The van der Waals surface area contributed by atoms with Crippen LogP contribution in [0.4, 0.5) is 5.69 Å². The summed E-state index contributed by atoms with van der Waals surface area (Å²) in [6.45, 7) is 2.89. The molecule has 0 spiro atoms. The first-order chi connectivity index (χ1) is 9.83. The molecule has 2 aromatic carbocycles. The number of nitrogens with one attached hydrogen (secondary N) is 2. The molecule has 1 aliphatic heterocycles. The van der Waals surface area contributed by atoms with Crippen molar-refractivity contribution in [3.8, 4) is 0 Å². The number of halogens is 1. The minimum atomic E-state index is 0.892. The molecule has 0 fully saturated rings. The van der Waals surface area contributed by atoms with Crippen LogP contribution < -0.4 is 10.6 Å². The number of aryl methyl sites for hydroxylation is 1. The minimum absolute atomic E-state index is 0.892. The van der Waals surface area contributed by atoms with Crippen LogP contribution >= 0.6 is 15.9 Å². The average Bonchev–Trinajstić information content (AvgIpc) is 2.48. The molecule has 0 bridgehead atoms. The Morgan fingerprint density at radius 3 is 2.90 bits per heavy atom. The first kappa shape index (κ1) is 13.7. The molecule has 2 nitrogen and oxygen atoms in total. The van der Waals surface area contributed by atoms with Crippen LogP contribution in [0.25, 0.3) is 0 Å². The third-order valence-electron chi connectivity index (χ3n) is 3.70. The van der Waals surface area contributed by atoms with E-state index in [2.05, 4.69) is 69.0 Å². The van der Waals surface area contributed by atoms with Gasteiger partial charge >= 0.3 is 0 Å². The first-order valence-electron chi connectivity index (χ1n) is 7.13. The van der Waals surface area contributed by atoms with E-state index in [0.29, 0.717) is 0 Å². The zero-order valence-electron chi connectivity index (χ0n) is 11.5. The van der Waals surface area contributed by atoms with Gasteiger partial charge in [-0.2, -0.15) is 0 Å². The smallest absolute Gasteiger partial charge is 0.0418 e. The van der Waals surface area contributed by atoms with E-state index in [1.54, 1.807) is 0 Å². The minimum Gasteiger partial charge on any atom is -0.385 e. The Labute approximate surface area is 128 Å². The van der Waals surface area contributed by atoms with Gasteiger partial charge < -0.3 is 10.6 Å². The molecule has 3 rings (SSSR count). The summed E-state index contributed by atoms with van der Waals surface area (Å²) in [6.07, 6.45) is 2.43. The Hall–Kier alpha value is -1.32. The highest BCUT2D eigenvalue weighted by Gasteiger charge is 2.11. The van der Waals surface area contributed by atoms with E-state index in [0.717, 1.165) is 24.1 Å². The van der Waals surface area contributed by atoms with Crippen LogP contribution in [0.15, 0.2) is 46.9 Å². The topological polar surface area (TPSA) is 24.1 Å². The first-order valence-corrected chi connectivity index (χ1v) is 7.92. The summed E-state index contributed by atoms with van der Waals surface area (Å²) >= 11 is 3.51. The summed E-state index contributed by atoms with van der Waals surface area (Å²) in [5, 5.41) is 7.08. The normalized spacial score (nSPS) is 13.7. The maximum absolute atomic E-state index is 3.54. The molecular formula is C17H19BrN2. The van der Waals surface area contributed by atoms with E-state index in [1.165, 1.54) is 35.2 Å². The Bertz CT molecular complexity index is 595. The number of benzene rings is 2. The van der Waals surface area contributed by atoms with Crippen LogP contribution in [0.3, 0.4) is 0 Å². The number of para-hydroxylation sites is 1. The van der Waals surface area contributed by atoms with Gasteiger partial charge in [0.05, 0.1) is 0 Å². The predicted octanol–water partition coefficient (Wildman–Crippen LogP) is 4.10. The lowest BCUT2D eigenvalue weighted by molar-refractivity contribution is 0.690. The van der Waals surface area contributed by atoms with Crippen LogP contribution in [0.1, 0.15) is 23.1 Å². The quantitative estimate of drug-likeness (QED) is 0.881. The van der Waals surface area contributed by atoms with E-state index in [1.807, 2.05) is 0 Å². The summed E-state index contributed by atoms with van der Waals surface area (Å²) in [5.74, 6) is 0. The number of rotatable bonds is 4. The maximum Gasteiger partial charge on any atom is 0.0418 e. The number of hydrogen-bond donors (Lipinski definition) is 2. The third-order valence-corrected chi connectivity index (χ3v) is 4.19. The van der Waals surface area contributed by atoms with E-state index in [4.69, 9.17) is 0 Å². The largest absolute Gasteiger partial charge is 0.385 e. The van der Waals surface area contributed by atoms with Crippen LogP contribution in [0, 0.1) is 0 Å². The van der Waals surface area contributed by atoms with E-state index >= 15 is 0 Å². The molecule has 20 heavy (non-hydrogen) atoms. The van der Waals surface area contributed by atoms with Crippen molar-refractivity contribution < 1.29 is 0 Å². The monoisotopic (exact) mass is 330 g/mol. The molecule has 0 aromatic heterocycles. The molecule has 0 saturated heterocycles. The van der Waals surface area contributed by atoms with E-state index in [-0.39, 0.29) is 0 Å². The summed E-state index contributed by atoms with van der Waals surface area (Å²) in [4.78, 5) is 0. The third kappa shape index (κ3) is 3.22. The van der Waals surface area contributed by atoms with Crippen LogP contribution in [-0.2, 0) is 19.5 Å². The summed E-state index contributed by atoms with van der Waals surface area (Å²) in [6, 6.07) is 15.1. The lowest BCUT2D eigenvalue weighted by atomic mass is 9.99. The van der Waals surface area contributed by atoms with E-state index < -0.39 is 0 Å². The molecular weight excluding hydrogens is 312 g/mol. The SMILES string of the molecule is Brc1cccc(CNCc2cccc3c2NCCC3)c1. The van der Waals surface area contributed by atoms with Gasteiger partial charge in [-0.1, -0.05) is 46.3 Å². The Kier molecular flexibility index (Phi) is 4.38. The van der Waals surface area contributed by atoms with Gasteiger partial charge in [0.15, 0.2) is 0 Å². The van der Waals surface area contributed by atoms with Gasteiger partial charge in [0.25, 0.3) is 0 Å². The van der Waals surface area contributed by atoms with Crippen molar-refractivity contribution >= 4 is 21.6 Å². The van der Waals surface area contributed by atoms with Crippen molar-refractivity contribution in [2.24, 2.45) is 0 Å². The molecule has 2 N–H and O–H groups in total. The van der Waals surface area contributed by atoms with Crippen molar-refractivity contribution in [1.82, 2.24) is 5.32 Å². The van der Waals surface area contributed by atoms with Gasteiger partial charge in [-0.05, 0) is 41.7 Å². The highest BCUT2D eigenvalue weighted by Crippen LogP contribution is 2.25. The van der Waals surface area contributed by atoms with Gasteiger partial charge in [-0.3, -0.25) is 0 Å². The van der Waals surface area contributed by atoms with Gasteiger partial charge in [-0.25, -0.2) is 0 Å².